The van der Waals surface area contributed by atoms with Crippen molar-refractivity contribution >= 4 is 11.9 Å². The lowest BCUT2D eigenvalue weighted by atomic mass is 9.96. The van der Waals surface area contributed by atoms with Crippen molar-refractivity contribution in [1.82, 2.24) is 16.0 Å². The van der Waals surface area contributed by atoms with Gasteiger partial charge in [0.2, 0.25) is 0 Å². The highest BCUT2D eigenvalue weighted by Gasteiger charge is 2.44. The summed E-state index contributed by atoms with van der Waals surface area (Å²) < 4.78 is 13.6. The third-order valence-electron chi connectivity index (χ3n) is 5.09. The smallest absolute Gasteiger partial charge is 0.251 e. The van der Waals surface area contributed by atoms with Gasteiger partial charge in [0.25, 0.3) is 5.91 Å². The molecule has 1 aliphatic rings. The number of hydrogen-bond acceptors (Lipinski definition) is 2. The predicted octanol–water partition coefficient (Wildman–Crippen LogP) is 2.97. The molecule has 0 aliphatic heterocycles. The SMILES string of the molecule is CCNC(=O)c1cccc(CNC(=NC)NCC2(c3cccc(F)c3)CC2)c1. The van der Waals surface area contributed by atoms with E-state index in [0.29, 0.717) is 31.2 Å². The molecule has 2 aromatic rings. The lowest BCUT2D eigenvalue weighted by Crippen LogP contribution is -2.41. The molecular weight excluding hydrogens is 355 g/mol. The fourth-order valence-electron chi connectivity index (χ4n) is 3.28. The summed E-state index contributed by atoms with van der Waals surface area (Å²) in [4.78, 5) is 16.2. The van der Waals surface area contributed by atoms with Crippen molar-refractivity contribution in [3.63, 3.8) is 0 Å². The molecule has 0 radical (unpaired) electrons. The standard InChI is InChI=1S/C22H27FN4O/c1-3-25-20(28)17-7-4-6-16(12-17)14-26-21(24-2)27-15-22(10-11-22)18-8-5-9-19(23)13-18/h4-9,12-13H,3,10-11,14-15H2,1-2H3,(H,25,28)(H2,24,26,27). The van der Waals surface area contributed by atoms with Crippen LogP contribution in [0.25, 0.3) is 0 Å². The fourth-order valence-corrected chi connectivity index (χ4v) is 3.28. The molecule has 3 rings (SSSR count). The average molecular weight is 382 g/mol. The van der Waals surface area contributed by atoms with E-state index in [2.05, 4.69) is 20.9 Å². The van der Waals surface area contributed by atoms with Gasteiger partial charge in [-0.15, -0.1) is 0 Å². The van der Waals surface area contributed by atoms with E-state index in [4.69, 9.17) is 0 Å². The maximum atomic E-state index is 13.6. The Morgan fingerprint density at radius 1 is 1.11 bits per heavy atom. The van der Waals surface area contributed by atoms with Gasteiger partial charge in [-0.25, -0.2) is 4.39 Å². The Morgan fingerprint density at radius 2 is 1.89 bits per heavy atom. The Morgan fingerprint density at radius 3 is 2.57 bits per heavy atom. The molecule has 1 amide bonds. The molecule has 0 saturated heterocycles. The molecule has 0 aromatic heterocycles. The number of guanidine groups is 1. The Hall–Kier alpha value is -2.89. The molecule has 28 heavy (non-hydrogen) atoms. The van der Waals surface area contributed by atoms with E-state index >= 15 is 0 Å². The zero-order valence-electron chi connectivity index (χ0n) is 16.4. The van der Waals surface area contributed by atoms with Crippen LogP contribution in [0, 0.1) is 5.82 Å². The van der Waals surface area contributed by atoms with Gasteiger partial charge in [0.05, 0.1) is 0 Å². The minimum absolute atomic E-state index is 0.0160. The lowest BCUT2D eigenvalue weighted by molar-refractivity contribution is 0.0955. The summed E-state index contributed by atoms with van der Waals surface area (Å²) in [5.74, 6) is 0.419. The van der Waals surface area contributed by atoms with Crippen LogP contribution in [0.5, 0.6) is 0 Å². The van der Waals surface area contributed by atoms with Crippen LogP contribution in [0.2, 0.25) is 0 Å². The summed E-state index contributed by atoms with van der Waals surface area (Å²) in [6.07, 6.45) is 2.07. The van der Waals surface area contributed by atoms with E-state index in [0.717, 1.165) is 24.0 Å². The van der Waals surface area contributed by atoms with Gasteiger partial charge in [0, 0.05) is 37.7 Å². The van der Waals surface area contributed by atoms with Gasteiger partial charge in [-0.3, -0.25) is 9.79 Å². The Labute approximate surface area is 165 Å². The number of aliphatic imine (C=N–C) groups is 1. The van der Waals surface area contributed by atoms with Crippen molar-refractivity contribution in [3.8, 4) is 0 Å². The second kappa shape index (κ2) is 8.87. The van der Waals surface area contributed by atoms with Crippen LogP contribution in [0.1, 0.15) is 41.3 Å². The molecule has 1 aliphatic carbocycles. The molecule has 148 valence electrons. The largest absolute Gasteiger partial charge is 0.356 e. The van der Waals surface area contributed by atoms with Gasteiger partial charge in [-0.2, -0.15) is 0 Å². The number of hydrogen-bond donors (Lipinski definition) is 3. The number of carbonyl (C=O) groups is 1. The summed E-state index contributed by atoms with van der Waals surface area (Å²) in [5, 5.41) is 9.44. The summed E-state index contributed by atoms with van der Waals surface area (Å²) in [7, 11) is 1.72. The number of halogens is 1. The number of rotatable bonds is 7. The van der Waals surface area contributed by atoms with Gasteiger partial charge >= 0.3 is 0 Å². The third-order valence-corrected chi connectivity index (χ3v) is 5.09. The monoisotopic (exact) mass is 382 g/mol. The first-order valence-electron chi connectivity index (χ1n) is 9.64. The van der Waals surface area contributed by atoms with Crippen LogP contribution in [0.3, 0.4) is 0 Å². The summed E-state index contributed by atoms with van der Waals surface area (Å²) in [6, 6.07) is 14.4. The first-order chi connectivity index (χ1) is 13.6. The van der Waals surface area contributed by atoms with Gasteiger partial charge in [-0.1, -0.05) is 24.3 Å². The molecule has 6 heteroatoms. The normalized spacial score (nSPS) is 15.0. The van der Waals surface area contributed by atoms with Crippen molar-refractivity contribution in [2.75, 3.05) is 20.1 Å². The van der Waals surface area contributed by atoms with Crippen molar-refractivity contribution in [1.29, 1.82) is 0 Å². The van der Waals surface area contributed by atoms with Gasteiger partial charge < -0.3 is 16.0 Å². The Bertz CT molecular complexity index is 861. The minimum atomic E-state index is -0.196. The molecule has 0 unspecified atom stereocenters. The Kier molecular flexibility index (Phi) is 6.29. The second-order valence-corrected chi connectivity index (χ2v) is 7.13. The molecule has 1 saturated carbocycles. The molecule has 0 heterocycles. The molecule has 3 N–H and O–H groups in total. The highest BCUT2D eigenvalue weighted by atomic mass is 19.1. The van der Waals surface area contributed by atoms with E-state index < -0.39 is 0 Å². The van der Waals surface area contributed by atoms with Crippen LogP contribution in [-0.2, 0) is 12.0 Å². The van der Waals surface area contributed by atoms with Crippen molar-refractivity contribution in [2.24, 2.45) is 4.99 Å². The number of nitrogens with zero attached hydrogens (tertiary/aromatic N) is 1. The van der Waals surface area contributed by atoms with Crippen molar-refractivity contribution < 1.29 is 9.18 Å². The van der Waals surface area contributed by atoms with Crippen LogP contribution in [-0.4, -0.2) is 32.0 Å². The Balaban J connectivity index is 1.56. The fraction of sp³-hybridized carbons (Fsp3) is 0.364. The number of benzene rings is 2. The van der Waals surface area contributed by atoms with Gasteiger partial charge in [-0.05, 0) is 55.2 Å². The van der Waals surface area contributed by atoms with Crippen LogP contribution in [0.4, 0.5) is 4.39 Å². The molecule has 2 aromatic carbocycles. The highest BCUT2D eigenvalue weighted by Crippen LogP contribution is 2.47. The van der Waals surface area contributed by atoms with Crippen molar-refractivity contribution in [2.45, 2.75) is 31.7 Å². The zero-order valence-corrected chi connectivity index (χ0v) is 16.4. The van der Waals surface area contributed by atoms with Crippen LogP contribution < -0.4 is 16.0 Å². The quantitative estimate of drug-likeness (QED) is 0.510. The second-order valence-electron chi connectivity index (χ2n) is 7.13. The van der Waals surface area contributed by atoms with Gasteiger partial charge in [0.1, 0.15) is 5.82 Å². The molecular formula is C22H27FN4O. The van der Waals surface area contributed by atoms with E-state index in [1.165, 1.54) is 6.07 Å². The highest BCUT2D eigenvalue weighted by molar-refractivity contribution is 5.94. The first-order valence-corrected chi connectivity index (χ1v) is 9.64. The molecule has 0 atom stereocenters. The van der Waals surface area contributed by atoms with Crippen molar-refractivity contribution in [3.05, 3.63) is 71.0 Å². The minimum Gasteiger partial charge on any atom is -0.356 e. The number of nitrogens with one attached hydrogen (secondary N) is 3. The van der Waals surface area contributed by atoms with Crippen LogP contribution >= 0.6 is 0 Å². The molecule has 1 fully saturated rings. The van der Waals surface area contributed by atoms with E-state index in [9.17, 15) is 9.18 Å². The van der Waals surface area contributed by atoms with Crippen LogP contribution in [0.15, 0.2) is 53.5 Å². The first kappa shape index (κ1) is 19.9. The number of amides is 1. The van der Waals surface area contributed by atoms with E-state index in [-0.39, 0.29) is 17.1 Å². The third kappa shape index (κ3) is 4.88. The summed E-state index contributed by atoms with van der Waals surface area (Å²) in [5.41, 5.74) is 2.66. The van der Waals surface area contributed by atoms with Gasteiger partial charge in [0.15, 0.2) is 5.96 Å². The maximum absolute atomic E-state index is 13.6. The van der Waals surface area contributed by atoms with E-state index in [1.54, 1.807) is 25.2 Å². The van der Waals surface area contributed by atoms with E-state index in [1.807, 2.05) is 31.2 Å². The topological polar surface area (TPSA) is 65.5 Å². The molecule has 0 bridgehead atoms. The number of carbonyl (C=O) groups excluding carboxylic acids is 1. The lowest BCUT2D eigenvalue weighted by Gasteiger charge is -2.19. The summed E-state index contributed by atoms with van der Waals surface area (Å²) in [6.45, 7) is 3.76. The zero-order chi connectivity index (χ0) is 20.0. The average Bonchev–Trinajstić information content (AvgIpc) is 3.50. The predicted molar refractivity (Wildman–Crippen MR) is 110 cm³/mol. The summed E-state index contributed by atoms with van der Waals surface area (Å²) >= 11 is 0. The molecule has 5 nitrogen and oxygen atoms in total. The molecule has 0 spiro atoms. The maximum Gasteiger partial charge on any atom is 0.251 e.